The quantitative estimate of drug-likeness (QED) is 0.119. The van der Waals surface area contributed by atoms with E-state index in [-0.39, 0.29) is 63.5 Å². The fraction of sp³-hybridized carbons (Fsp3) is 0.523. The van der Waals surface area contributed by atoms with Gasteiger partial charge in [0.1, 0.15) is 36.9 Å². The van der Waals surface area contributed by atoms with Gasteiger partial charge in [-0.2, -0.15) is 0 Å². The highest BCUT2D eigenvalue weighted by Crippen LogP contribution is 2.31. The predicted molar refractivity (Wildman–Crippen MR) is 230 cm³/mol. The lowest BCUT2D eigenvalue weighted by atomic mass is 9.85. The number of carbonyl (C=O) groups is 4. The second kappa shape index (κ2) is 21.3. The Balaban J connectivity index is 0.943. The molecule has 3 aliphatic heterocycles. The number of hydrogen-bond acceptors (Lipinski definition) is 13. The van der Waals surface area contributed by atoms with Gasteiger partial charge in [0.2, 0.25) is 23.6 Å². The molecule has 1 aromatic heterocycles. The van der Waals surface area contributed by atoms with Crippen molar-refractivity contribution in [3.63, 3.8) is 0 Å². The molecule has 6 rings (SSSR count). The van der Waals surface area contributed by atoms with Gasteiger partial charge in [-0.3, -0.25) is 34.1 Å². The smallest absolute Gasteiger partial charge is 0.248 e. The number of primary amides is 1. The third-order valence-electron chi connectivity index (χ3n) is 11.4. The van der Waals surface area contributed by atoms with Crippen LogP contribution in [0.15, 0.2) is 47.7 Å². The Bertz CT molecular complexity index is 2160. The Morgan fingerprint density at radius 2 is 1.73 bits per heavy atom. The monoisotopic (exact) mass is 877 g/mol. The number of nitrogens with one attached hydrogen (secondary N) is 1. The zero-order valence-corrected chi connectivity index (χ0v) is 35.9. The zero-order valence-electron chi connectivity index (χ0n) is 35.9. The lowest BCUT2D eigenvalue weighted by Crippen LogP contribution is -2.57. The summed E-state index contributed by atoms with van der Waals surface area (Å²) in [6, 6.07) is 5.89. The van der Waals surface area contributed by atoms with Crippen LogP contribution in [0.5, 0.6) is 0 Å². The van der Waals surface area contributed by atoms with Crippen LogP contribution in [-0.2, 0) is 39.9 Å². The van der Waals surface area contributed by atoms with Gasteiger partial charge >= 0.3 is 0 Å². The number of hydrogen-bond donors (Lipinski definition) is 4. The summed E-state index contributed by atoms with van der Waals surface area (Å²) in [5.74, 6) is -3.27. The summed E-state index contributed by atoms with van der Waals surface area (Å²) < 4.78 is 47.0. The van der Waals surface area contributed by atoms with Crippen molar-refractivity contribution < 1.29 is 47.3 Å². The number of benzene rings is 2. The molecule has 3 fully saturated rings. The molecule has 2 aromatic carbocycles. The molecule has 4 heterocycles. The molecule has 63 heavy (non-hydrogen) atoms. The van der Waals surface area contributed by atoms with E-state index >= 15 is 8.78 Å². The van der Waals surface area contributed by atoms with E-state index in [1.54, 1.807) is 56.3 Å². The van der Waals surface area contributed by atoms with Crippen LogP contribution in [0.2, 0.25) is 0 Å². The zero-order chi connectivity index (χ0) is 45.3. The van der Waals surface area contributed by atoms with Gasteiger partial charge in [-0.25, -0.2) is 13.8 Å². The van der Waals surface area contributed by atoms with Crippen molar-refractivity contribution in [2.75, 3.05) is 72.4 Å². The number of ether oxygens (including phenoxy) is 3. The van der Waals surface area contributed by atoms with Gasteiger partial charge in [-0.05, 0) is 42.0 Å². The number of aliphatic hydroxyl groups excluding tert-OH is 1. The number of nitrogens with zero attached hydrogens (tertiary/aromatic N) is 6. The van der Waals surface area contributed by atoms with Gasteiger partial charge in [0.05, 0.1) is 61.5 Å². The molecule has 4 amide bonds. The maximum atomic E-state index is 15.4. The first-order valence-corrected chi connectivity index (χ1v) is 21.1. The highest BCUT2D eigenvalue weighted by atomic mass is 19.1. The fourth-order valence-corrected chi connectivity index (χ4v) is 7.82. The molecule has 0 saturated carbocycles. The molecular formula is C44H57F2N9O8. The number of allylic oxidation sites excluding steroid dienone is 1. The summed E-state index contributed by atoms with van der Waals surface area (Å²) in [6.45, 7) is 8.11. The van der Waals surface area contributed by atoms with E-state index in [1.165, 1.54) is 23.2 Å². The number of aromatic nitrogens is 2. The molecular weight excluding hydrogens is 821 g/mol. The topological polar surface area (TPSA) is 228 Å². The molecule has 0 radical (unpaired) electrons. The average molecular weight is 878 g/mol. The van der Waals surface area contributed by atoms with Crippen LogP contribution in [0, 0.1) is 17.0 Å². The first-order chi connectivity index (χ1) is 30.1. The van der Waals surface area contributed by atoms with Crippen molar-refractivity contribution in [3.05, 3.63) is 65.6 Å². The summed E-state index contributed by atoms with van der Waals surface area (Å²) in [7, 11) is 0. The lowest BCUT2D eigenvalue weighted by Gasteiger charge is -2.35. The van der Waals surface area contributed by atoms with E-state index in [2.05, 4.69) is 10.3 Å². The molecule has 0 spiro atoms. The Labute approximate surface area is 364 Å². The maximum absolute atomic E-state index is 15.4. The molecule has 0 aliphatic carbocycles. The van der Waals surface area contributed by atoms with E-state index in [9.17, 15) is 24.3 Å². The van der Waals surface area contributed by atoms with Gasteiger partial charge in [-0.1, -0.05) is 32.9 Å². The van der Waals surface area contributed by atoms with Crippen LogP contribution < -0.4 is 16.8 Å². The SMILES string of the molecule is CC(C)(C)C(NC(=O)COCCOCC(=O)N1CCC(N=CC(=CN)c2cnc3cccc(-c4cc(F)c(CN5CCOCC5)c(F)c4)c3n2)CC1)C(=O)N1CC(O)CC1C(N)=O. The fourth-order valence-electron chi connectivity index (χ4n) is 7.82. The van der Waals surface area contributed by atoms with E-state index in [0.717, 1.165) is 0 Å². The second-order valence-electron chi connectivity index (χ2n) is 17.0. The second-order valence-corrected chi connectivity index (χ2v) is 17.0. The molecule has 3 saturated heterocycles. The largest absolute Gasteiger partial charge is 0.404 e. The third kappa shape index (κ3) is 12.2. The van der Waals surface area contributed by atoms with Crippen molar-refractivity contribution in [3.8, 4) is 11.1 Å². The van der Waals surface area contributed by atoms with Crippen molar-refractivity contribution in [1.29, 1.82) is 0 Å². The number of para-hydroxylation sites is 1. The summed E-state index contributed by atoms with van der Waals surface area (Å²) in [5, 5.41) is 12.7. The standard InChI is InChI=1S/C44H57F2N9O8/c1-44(2,3)41(43(60)55-23-30(56)19-37(55)42(48)59)52-38(57)25-62-15-16-63-26-39(58)54-9-7-29(8-10-54)49-21-28(20-47)36-22-50-35-6-4-5-31(40(35)51-36)27-17-33(45)32(34(46)18-27)24-53-11-13-61-14-12-53/h4-6,17-18,20-22,29-30,37,41,56H,7-16,19,23-26,47H2,1-3H3,(H2,48,59)(H,52,57). The van der Waals surface area contributed by atoms with Crippen molar-refractivity contribution in [2.45, 2.75) is 70.8 Å². The number of aliphatic hydroxyl groups is 1. The minimum absolute atomic E-state index is 0.00989. The minimum atomic E-state index is -1.000. The first kappa shape index (κ1) is 47.0. The maximum Gasteiger partial charge on any atom is 0.248 e. The highest BCUT2D eigenvalue weighted by Gasteiger charge is 2.44. The predicted octanol–water partition coefficient (Wildman–Crippen LogP) is 1.78. The summed E-state index contributed by atoms with van der Waals surface area (Å²) in [5.41, 5.74) is 13.6. The number of carbonyl (C=O) groups excluding carboxylic acids is 4. The van der Waals surface area contributed by atoms with Crippen LogP contribution in [0.4, 0.5) is 8.78 Å². The van der Waals surface area contributed by atoms with Gasteiger partial charge < -0.3 is 45.9 Å². The minimum Gasteiger partial charge on any atom is -0.404 e. The van der Waals surface area contributed by atoms with Crippen LogP contribution >= 0.6 is 0 Å². The van der Waals surface area contributed by atoms with E-state index in [4.69, 9.17) is 35.7 Å². The first-order valence-electron chi connectivity index (χ1n) is 21.1. The van der Waals surface area contributed by atoms with Crippen molar-refractivity contribution >= 4 is 46.4 Å². The Morgan fingerprint density at radius 1 is 1.05 bits per heavy atom. The van der Waals surface area contributed by atoms with E-state index in [0.29, 0.717) is 85.7 Å². The normalized spacial score (nSPS) is 19.8. The molecule has 340 valence electrons. The van der Waals surface area contributed by atoms with Crippen LogP contribution in [0.25, 0.3) is 27.7 Å². The molecule has 3 aromatic rings. The number of nitrogens with two attached hydrogens (primary N) is 2. The number of morpholine rings is 1. The number of piperidine rings is 1. The van der Waals surface area contributed by atoms with Crippen LogP contribution in [-0.4, -0.2) is 156 Å². The van der Waals surface area contributed by atoms with Gasteiger partial charge in [0, 0.05) is 74.8 Å². The lowest BCUT2D eigenvalue weighted by molar-refractivity contribution is -0.144. The Kier molecular flexibility index (Phi) is 15.9. The molecule has 17 nitrogen and oxygen atoms in total. The number of β-amino-alcohol motifs (C(OH)–C–C–N with tert-alkyl or cyclic N) is 1. The number of likely N-dealkylation sites (tertiary alicyclic amines) is 2. The Hall–Kier alpha value is -5.47. The number of amides is 4. The highest BCUT2D eigenvalue weighted by molar-refractivity contribution is 6.09. The van der Waals surface area contributed by atoms with E-state index < -0.39 is 53.0 Å². The van der Waals surface area contributed by atoms with Crippen LogP contribution in [0.1, 0.15) is 51.3 Å². The average Bonchev–Trinajstić information content (AvgIpc) is 3.67. The molecule has 3 aliphatic rings. The van der Waals surface area contributed by atoms with Gasteiger partial charge in [0.15, 0.2) is 0 Å². The molecule has 3 atom stereocenters. The number of fused-ring (bicyclic) bond motifs is 1. The molecule has 19 heteroatoms. The summed E-state index contributed by atoms with van der Waals surface area (Å²) in [6.07, 6.45) is 4.93. The van der Waals surface area contributed by atoms with Crippen LogP contribution in [0.3, 0.4) is 0 Å². The summed E-state index contributed by atoms with van der Waals surface area (Å²) >= 11 is 0. The Morgan fingerprint density at radius 3 is 2.38 bits per heavy atom. The molecule has 0 bridgehead atoms. The van der Waals surface area contributed by atoms with Crippen molar-refractivity contribution in [1.82, 2.24) is 30.0 Å². The van der Waals surface area contributed by atoms with E-state index in [1.807, 2.05) is 4.90 Å². The molecule has 6 N–H and O–H groups in total. The number of halogens is 2. The summed E-state index contributed by atoms with van der Waals surface area (Å²) in [4.78, 5) is 69.8. The number of aliphatic imine (C=N–C) groups is 1. The van der Waals surface area contributed by atoms with Crippen molar-refractivity contribution in [2.24, 2.45) is 21.9 Å². The van der Waals surface area contributed by atoms with Gasteiger partial charge in [0.25, 0.3) is 0 Å². The number of rotatable bonds is 16. The third-order valence-corrected chi connectivity index (χ3v) is 11.4. The van der Waals surface area contributed by atoms with Gasteiger partial charge in [-0.15, -0.1) is 0 Å². The molecule has 3 unspecified atom stereocenters.